The largest absolute Gasteiger partial charge is 0.534 e. The van der Waals surface area contributed by atoms with Gasteiger partial charge in [-0.15, -0.1) is 0 Å². The second kappa shape index (κ2) is 14.3. The summed E-state index contributed by atoms with van der Waals surface area (Å²) in [5.41, 5.74) is -1.97. The van der Waals surface area contributed by atoms with Gasteiger partial charge in [0.15, 0.2) is 5.75 Å². The van der Waals surface area contributed by atoms with Crippen LogP contribution in [0.15, 0.2) is 115 Å². The Morgan fingerprint density at radius 3 is 1.96 bits per heavy atom. The van der Waals surface area contributed by atoms with Gasteiger partial charge in [-0.2, -0.15) is 26.6 Å². The summed E-state index contributed by atoms with van der Waals surface area (Å²) in [6.45, 7) is -0.397. The van der Waals surface area contributed by atoms with Crippen LogP contribution >= 0.6 is 0 Å². The van der Waals surface area contributed by atoms with Crippen LogP contribution in [-0.2, 0) is 32.8 Å². The number of rotatable bonds is 9. The highest BCUT2D eigenvalue weighted by Gasteiger charge is 2.49. The maximum Gasteiger partial charge on any atom is 0.534 e. The number of methoxy groups -OCH3 is 1. The number of aromatic amines is 1. The van der Waals surface area contributed by atoms with E-state index in [1.807, 2.05) is 0 Å². The molecule has 0 saturated carbocycles. The van der Waals surface area contributed by atoms with E-state index in [1.54, 1.807) is 97.1 Å². The summed E-state index contributed by atoms with van der Waals surface area (Å²) in [4.78, 5) is 30.2. The summed E-state index contributed by atoms with van der Waals surface area (Å²) >= 11 is 0. The predicted molar refractivity (Wildman–Crippen MR) is 182 cm³/mol. The van der Waals surface area contributed by atoms with E-state index in [0.29, 0.717) is 38.2 Å². The van der Waals surface area contributed by atoms with Crippen molar-refractivity contribution in [3.63, 3.8) is 0 Å². The second-order valence-electron chi connectivity index (χ2n) is 10.9. The lowest BCUT2D eigenvalue weighted by Crippen LogP contribution is -2.47. The van der Waals surface area contributed by atoms with E-state index in [0.717, 1.165) is 6.07 Å². The average Bonchev–Trinajstić information content (AvgIpc) is 3.50. The number of halogens is 3. The van der Waals surface area contributed by atoms with E-state index >= 15 is 0 Å². The molecule has 6 aromatic rings. The first-order chi connectivity index (χ1) is 24.5. The molecule has 51 heavy (non-hydrogen) atoms. The SMILES string of the molecule is COc1cccc2c(-c3c(N(NC(=O)OCc4ccccc4)C(=O)OCc4ccccc4)[nH]c4ccccc34)c(OS(=O)(=O)C(F)(F)F)ccc12. The fourth-order valence-electron chi connectivity index (χ4n) is 5.35. The number of H-pyrrole nitrogens is 1. The van der Waals surface area contributed by atoms with Gasteiger partial charge in [-0.3, -0.25) is 0 Å². The summed E-state index contributed by atoms with van der Waals surface area (Å²) in [5, 5.41) is 1.58. The standard InChI is InChI=1S/C36H28F3N3O8S/c1-47-29-18-10-16-26-25(29)19-20-30(50-51(45,46)36(37,38)39)31(26)32-27-15-8-9-17-28(27)40-33(32)42(35(44)49-22-24-13-6-3-7-14-24)41-34(43)48-21-23-11-4-2-5-12-23/h2-20,40H,21-22H2,1H3,(H,41,43). The zero-order chi connectivity index (χ0) is 36.2. The van der Waals surface area contributed by atoms with Crippen LogP contribution in [0.2, 0.25) is 0 Å². The van der Waals surface area contributed by atoms with E-state index in [9.17, 15) is 31.2 Å². The number of fused-ring (bicyclic) bond motifs is 2. The number of aromatic nitrogens is 1. The van der Waals surface area contributed by atoms with Crippen LogP contribution in [0.25, 0.3) is 32.8 Å². The summed E-state index contributed by atoms with van der Waals surface area (Å²) in [6.07, 6.45) is -2.21. The maximum absolute atomic E-state index is 13.9. The lowest BCUT2D eigenvalue weighted by atomic mass is 9.95. The molecular weight excluding hydrogens is 691 g/mol. The van der Waals surface area contributed by atoms with Gasteiger partial charge in [-0.25, -0.2) is 15.0 Å². The third-order valence-electron chi connectivity index (χ3n) is 7.65. The molecule has 0 atom stereocenters. The van der Waals surface area contributed by atoms with Gasteiger partial charge in [-0.05, 0) is 40.8 Å². The molecule has 0 aliphatic rings. The minimum Gasteiger partial charge on any atom is -0.496 e. The van der Waals surface area contributed by atoms with Crippen molar-refractivity contribution in [2.75, 3.05) is 12.1 Å². The van der Waals surface area contributed by atoms with Crippen LogP contribution in [0.5, 0.6) is 11.5 Å². The van der Waals surface area contributed by atoms with Crippen LogP contribution in [0.3, 0.4) is 0 Å². The van der Waals surface area contributed by atoms with E-state index in [4.69, 9.17) is 18.4 Å². The fourth-order valence-corrected chi connectivity index (χ4v) is 5.82. The topological polar surface area (TPSA) is 136 Å². The molecule has 11 nitrogen and oxygen atoms in total. The summed E-state index contributed by atoms with van der Waals surface area (Å²) < 4.78 is 87.1. The molecule has 15 heteroatoms. The first-order valence-corrected chi connectivity index (χ1v) is 16.6. The Kier molecular flexibility index (Phi) is 9.73. The number of nitrogens with zero attached hydrogens (tertiary/aromatic N) is 1. The molecule has 0 bridgehead atoms. The molecule has 0 aliphatic heterocycles. The zero-order valence-corrected chi connectivity index (χ0v) is 27.5. The number of amides is 2. The Balaban J connectivity index is 1.54. The van der Waals surface area contributed by atoms with Crippen molar-refractivity contribution in [1.29, 1.82) is 0 Å². The number of benzene rings is 5. The van der Waals surface area contributed by atoms with Crippen molar-refractivity contribution in [1.82, 2.24) is 10.4 Å². The van der Waals surface area contributed by atoms with Gasteiger partial charge in [0, 0.05) is 27.4 Å². The molecular formula is C36H28F3N3O8S. The highest BCUT2D eigenvalue weighted by atomic mass is 32.2. The molecule has 0 aliphatic carbocycles. The Morgan fingerprint density at radius 1 is 0.706 bits per heavy atom. The quantitative estimate of drug-likeness (QED) is 0.0867. The number of ether oxygens (including phenoxy) is 3. The first-order valence-electron chi connectivity index (χ1n) is 15.2. The van der Waals surface area contributed by atoms with Gasteiger partial charge in [0.25, 0.3) is 0 Å². The van der Waals surface area contributed by atoms with E-state index in [2.05, 4.69) is 10.4 Å². The number of hydrogen-bond acceptors (Lipinski definition) is 8. The molecule has 0 unspecified atom stereocenters. The van der Waals surface area contributed by atoms with Crippen molar-refractivity contribution < 1.29 is 49.6 Å². The number of alkyl halides is 3. The third-order valence-corrected chi connectivity index (χ3v) is 8.62. The number of carbonyl (C=O) groups is 2. The Bertz CT molecular complexity index is 2320. The smallest absolute Gasteiger partial charge is 0.496 e. The molecule has 0 spiro atoms. The van der Waals surface area contributed by atoms with Crippen LogP contribution < -0.4 is 19.4 Å². The molecule has 6 rings (SSSR count). The van der Waals surface area contributed by atoms with Crippen molar-refractivity contribution in [2.45, 2.75) is 18.7 Å². The number of para-hydroxylation sites is 1. The number of anilines is 1. The van der Waals surface area contributed by atoms with Crippen molar-refractivity contribution in [3.05, 3.63) is 126 Å². The molecule has 2 amide bonds. The predicted octanol–water partition coefficient (Wildman–Crippen LogP) is 8.21. The molecule has 1 aromatic heterocycles. The van der Waals surface area contributed by atoms with Crippen LogP contribution in [0, 0.1) is 0 Å². The molecule has 0 saturated heterocycles. The lowest BCUT2D eigenvalue weighted by molar-refractivity contribution is -0.0499. The maximum atomic E-state index is 13.9. The van der Waals surface area contributed by atoms with E-state index < -0.39 is 33.6 Å². The third kappa shape index (κ3) is 7.38. The van der Waals surface area contributed by atoms with Gasteiger partial charge >= 0.3 is 27.8 Å². The Hall–Kier alpha value is -6.22. The average molecular weight is 720 g/mol. The molecule has 0 fully saturated rings. The summed E-state index contributed by atoms with van der Waals surface area (Å²) in [5.74, 6) is -0.624. The minimum absolute atomic E-state index is 0.0168. The minimum atomic E-state index is -6.18. The molecule has 1 heterocycles. The molecule has 262 valence electrons. The van der Waals surface area contributed by atoms with E-state index in [-0.39, 0.29) is 35.5 Å². The monoisotopic (exact) mass is 719 g/mol. The lowest BCUT2D eigenvalue weighted by Gasteiger charge is -2.24. The Labute approximate surface area is 289 Å². The van der Waals surface area contributed by atoms with Crippen LogP contribution in [-0.4, -0.2) is 38.2 Å². The van der Waals surface area contributed by atoms with Crippen molar-refractivity contribution in [2.24, 2.45) is 0 Å². The van der Waals surface area contributed by atoms with Crippen LogP contribution in [0.4, 0.5) is 28.6 Å². The van der Waals surface area contributed by atoms with Gasteiger partial charge in [-0.1, -0.05) is 91.0 Å². The molecule has 0 radical (unpaired) electrons. The van der Waals surface area contributed by atoms with Gasteiger partial charge in [0.05, 0.1) is 7.11 Å². The number of hydrazine groups is 1. The van der Waals surface area contributed by atoms with Crippen molar-refractivity contribution in [3.8, 4) is 22.6 Å². The molecule has 2 N–H and O–H groups in total. The van der Waals surface area contributed by atoms with Crippen molar-refractivity contribution >= 4 is 49.8 Å². The van der Waals surface area contributed by atoms with Gasteiger partial charge < -0.3 is 23.4 Å². The van der Waals surface area contributed by atoms with Gasteiger partial charge in [0.2, 0.25) is 0 Å². The first kappa shape index (κ1) is 34.6. The Morgan fingerprint density at radius 2 is 1.31 bits per heavy atom. The highest BCUT2D eigenvalue weighted by Crippen LogP contribution is 2.48. The summed E-state index contributed by atoms with van der Waals surface area (Å²) in [7, 11) is -4.79. The fraction of sp³-hybridized carbons (Fsp3) is 0.111. The second-order valence-corrected chi connectivity index (χ2v) is 12.5. The molecule has 5 aromatic carbocycles. The van der Waals surface area contributed by atoms with Crippen LogP contribution in [0.1, 0.15) is 11.1 Å². The number of nitrogens with one attached hydrogen (secondary N) is 2. The normalized spacial score (nSPS) is 11.6. The van der Waals surface area contributed by atoms with Gasteiger partial charge in [0.1, 0.15) is 24.8 Å². The number of carbonyl (C=O) groups excluding carboxylic acids is 2. The van der Waals surface area contributed by atoms with E-state index in [1.165, 1.54) is 19.2 Å². The summed E-state index contributed by atoms with van der Waals surface area (Å²) in [6, 6.07) is 30.9. The highest BCUT2D eigenvalue weighted by molar-refractivity contribution is 7.88. The zero-order valence-electron chi connectivity index (χ0n) is 26.6. The number of hydrogen-bond donors (Lipinski definition) is 2.